The molecular formula is C4H4N2S. The minimum atomic E-state index is 0.670. The van der Waals surface area contributed by atoms with Gasteiger partial charge in [0.1, 0.15) is 0 Å². The molecule has 0 atom stereocenters. The van der Waals surface area contributed by atoms with E-state index in [9.17, 15) is 0 Å². The van der Waals surface area contributed by atoms with Gasteiger partial charge in [-0.3, -0.25) is 4.99 Å². The molecule has 1 rings (SSSR count). The van der Waals surface area contributed by atoms with Gasteiger partial charge in [0.15, 0.2) is 0 Å². The predicted molar refractivity (Wildman–Crippen MR) is 32.6 cm³/mol. The van der Waals surface area contributed by atoms with Crippen LogP contribution >= 0.6 is 12.2 Å². The number of nitrogens with one attached hydrogen (secondary N) is 1. The molecule has 0 saturated heterocycles. The lowest BCUT2D eigenvalue weighted by Crippen LogP contribution is -2.03. The van der Waals surface area contributed by atoms with Gasteiger partial charge in [-0.2, -0.15) is 0 Å². The van der Waals surface area contributed by atoms with Gasteiger partial charge in [0.25, 0.3) is 0 Å². The standard InChI is InChI=1S/C4H4N2S/c7-2-4-1-5-3-6-4/h3H,1H2,(H,5,6). The Labute approximate surface area is 46.9 Å². The van der Waals surface area contributed by atoms with Crippen LogP contribution in [0, 0.1) is 0 Å². The van der Waals surface area contributed by atoms with Crippen LogP contribution in [0.2, 0.25) is 0 Å². The molecule has 0 spiro atoms. The zero-order chi connectivity index (χ0) is 5.11. The van der Waals surface area contributed by atoms with Gasteiger partial charge in [-0.25, -0.2) is 0 Å². The van der Waals surface area contributed by atoms with Crippen LogP contribution < -0.4 is 5.32 Å². The van der Waals surface area contributed by atoms with Crippen molar-refractivity contribution in [2.24, 2.45) is 4.99 Å². The second-order valence-electron chi connectivity index (χ2n) is 1.19. The zero-order valence-electron chi connectivity index (χ0n) is 3.64. The largest absolute Gasteiger partial charge is 0.341 e. The van der Waals surface area contributed by atoms with Gasteiger partial charge in [-0.15, -0.1) is 0 Å². The fourth-order valence-corrected chi connectivity index (χ4v) is 0.491. The van der Waals surface area contributed by atoms with Crippen molar-refractivity contribution in [2.75, 3.05) is 6.54 Å². The fourth-order valence-electron chi connectivity index (χ4n) is 0.368. The third kappa shape index (κ3) is 0.856. The van der Waals surface area contributed by atoms with Crippen molar-refractivity contribution < 1.29 is 0 Å². The first-order valence-electron chi connectivity index (χ1n) is 1.92. The highest BCUT2D eigenvalue weighted by atomic mass is 32.1. The molecule has 0 aromatic heterocycles. The highest BCUT2D eigenvalue weighted by molar-refractivity contribution is 7.78. The molecule has 7 heavy (non-hydrogen) atoms. The van der Waals surface area contributed by atoms with Gasteiger partial charge < -0.3 is 5.32 Å². The Bertz CT molecular complexity index is 134. The summed E-state index contributed by atoms with van der Waals surface area (Å²) >= 11 is 4.48. The molecule has 1 aliphatic heterocycles. The van der Waals surface area contributed by atoms with Gasteiger partial charge in [-0.1, -0.05) is 0 Å². The van der Waals surface area contributed by atoms with Gasteiger partial charge in [0, 0.05) is 0 Å². The van der Waals surface area contributed by atoms with Gasteiger partial charge in [0.2, 0.25) is 0 Å². The molecule has 0 radical (unpaired) electrons. The van der Waals surface area contributed by atoms with Crippen molar-refractivity contribution in [3.63, 3.8) is 0 Å². The highest BCUT2D eigenvalue weighted by Crippen LogP contribution is 1.86. The maximum atomic E-state index is 4.48. The first kappa shape index (κ1) is 4.50. The summed E-state index contributed by atoms with van der Waals surface area (Å²) in [6, 6.07) is 0. The first-order chi connectivity index (χ1) is 3.43. The lowest BCUT2D eigenvalue weighted by atomic mass is 10.5. The van der Waals surface area contributed by atoms with E-state index in [1.807, 2.05) is 0 Å². The normalized spacial score (nSPS) is 16.3. The van der Waals surface area contributed by atoms with E-state index in [0.29, 0.717) is 6.54 Å². The molecule has 0 aliphatic carbocycles. The van der Waals surface area contributed by atoms with Crippen LogP contribution in [0.5, 0.6) is 0 Å². The Morgan fingerprint density at radius 2 is 2.86 bits per heavy atom. The maximum absolute atomic E-state index is 4.48. The minimum absolute atomic E-state index is 0.670. The molecule has 0 fully saturated rings. The molecule has 0 bridgehead atoms. The van der Waals surface area contributed by atoms with E-state index in [4.69, 9.17) is 0 Å². The van der Waals surface area contributed by atoms with Crippen LogP contribution in [0.15, 0.2) is 10.7 Å². The Kier molecular flexibility index (Phi) is 1.20. The summed E-state index contributed by atoms with van der Waals surface area (Å²) in [6.45, 7) is 0.670. The van der Waals surface area contributed by atoms with Gasteiger partial charge in [0.05, 0.1) is 18.6 Å². The quantitative estimate of drug-likeness (QED) is 0.449. The number of thiocarbonyl (C=S) groups is 1. The van der Waals surface area contributed by atoms with Crippen LogP contribution in [0.3, 0.4) is 0 Å². The van der Waals surface area contributed by atoms with Crippen molar-refractivity contribution in [3.05, 3.63) is 5.70 Å². The molecule has 36 valence electrons. The van der Waals surface area contributed by atoms with Crippen molar-refractivity contribution >= 4 is 23.6 Å². The summed E-state index contributed by atoms with van der Waals surface area (Å²) < 4.78 is 0. The number of rotatable bonds is 0. The molecular weight excluding hydrogens is 108 g/mol. The van der Waals surface area contributed by atoms with E-state index in [1.54, 1.807) is 6.34 Å². The van der Waals surface area contributed by atoms with Crippen LogP contribution in [0.25, 0.3) is 0 Å². The highest BCUT2D eigenvalue weighted by Gasteiger charge is 1.94. The Morgan fingerprint density at radius 3 is 3.14 bits per heavy atom. The molecule has 2 nitrogen and oxygen atoms in total. The maximum Gasteiger partial charge on any atom is 0.0923 e. The van der Waals surface area contributed by atoms with E-state index in [1.165, 1.54) is 0 Å². The number of hydrogen-bond donors (Lipinski definition) is 1. The van der Waals surface area contributed by atoms with E-state index in [-0.39, 0.29) is 0 Å². The van der Waals surface area contributed by atoms with Crippen LogP contribution in [-0.2, 0) is 0 Å². The van der Waals surface area contributed by atoms with Gasteiger partial charge >= 0.3 is 0 Å². The Morgan fingerprint density at radius 1 is 2.00 bits per heavy atom. The van der Waals surface area contributed by atoms with E-state index < -0.39 is 0 Å². The van der Waals surface area contributed by atoms with Gasteiger partial charge in [-0.05, 0) is 17.2 Å². The van der Waals surface area contributed by atoms with E-state index >= 15 is 0 Å². The fraction of sp³-hybridized carbons (Fsp3) is 0.250. The molecule has 1 heterocycles. The smallest absolute Gasteiger partial charge is 0.0923 e. The Balaban J connectivity index is 2.68. The molecule has 0 amide bonds. The summed E-state index contributed by atoms with van der Waals surface area (Å²) in [5.41, 5.74) is 0.884. The van der Waals surface area contributed by atoms with E-state index in [2.05, 4.69) is 27.5 Å². The lowest BCUT2D eigenvalue weighted by Gasteiger charge is -1.83. The molecule has 1 N–H and O–H groups in total. The molecule has 0 unspecified atom stereocenters. The summed E-state index contributed by atoms with van der Waals surface area (Å²) in [4.78, 5) is 3.83. The molecule has 1 aliphatic rings. The number of hydrogen-bond acceptors (Lipinski definition) is 3. The van der Waals surface area contributed by atoms with Crippen LogP contribution in [0.1, 0.15) is 0 Å². The van der Waals surface area contributed by atoms with Crippen LogP contribution in [0.4, 0.5) is 0 Å². The van der Waals surface area contributed by atoms with Crippen molar-refractivity contribution in [3.8, 4) is 0 Å². The lowest BCUT2D eigenvalue weighted by molar-refractivity contribution is 1.15. The van der Waals surface area contributed by atoms with E-state index in [0.717, 1.165) is 5.70 Å². The summed E-state index contributed by atoms with van der Waals surface area (Å²) in [6.07, 6.45) is 1.62. The number of aliphatic imine (C=N–C) groups is 1. The SMILES string of the molecule is S=C=C1CN=CN1. The molecule has 0 aromatic carbocycles. The van der Waals surface area contributed by atoms with Crippen LogP contribution in [-0.4, -0.2) is 17.9 Å². The monoisotopic (exact) mass is 112 g/mol. The second kappa shape index (κ2) is 1.87. The first-order valence-corrected chi connectivity index (χ1v) is 2.33. The van der Waals surface area contributed by atoms with Crippen molar-refractivity contribution in [2.45, 2.75) is 0 Å². The number of nitrogens with zero attached hydrogens (tertiary/aromatic N) is 1. The average Bonchev–Trinajstić information content (AvgIpc) is 2.14. The molecule has 0 saturated carbocycles. The Hall–Kier alpha value is -0.660. The average molecular weight is 112 g/mol. The summed E-state index contributed by atoms with van der Waals surface area (Å²) in [7, 11) is 0. The molecule has 3 heteroatoms. The topological polar surface area (TPSA) is 24.4 Å². The van der Waals surface area contributed by atoms with Crippen molar-refractivity contribution in [1.29, 1.82) is 0 Å². The third-order valence-corrected chi connectivity index (χ3v) is 0.949. The molecule has 0 aromatic rings. The second-order valence-corrected chi connectivity index (χ2v) is 1.40. The third-order valence-electron chi connectivity index (χ3n) is 0.703. The zero-order valence-corrected chi connectivity index (χ0v) is 4.46. The minimum Gasteiger partial charge on any atom is -0.341 e. The summed E-state index contributed by atoms with van der Waals surface area (Å²) in [5.74, 6) is 0. The predicted octanol–water partition coefficient (Wildman–Crippen LogP) is 0.100. The summed E-state index contributed by atoms with van der Waals surface area (Å²) in [5, 5.41) is 5.34. The van der Waals surface area contributed by atoms with Crippen molar-refractivity contribution in [1.82, 2.24) is 5.32 Å².